The Morgan fingerprint density at radius 2 is 1.46 bits per heavy atom. The van der Waals surface area contributed by atoms with Gasteiger partial charge in [-0.3, -0.25) is 4.79 Å². The predicted molar refractivity (Wildman–Crippen MR) is 100 cm³/mol. The monoisotopic (exact) mass is 373 g/mol. The minimum Gasteiger partial charge on any atom is -0.351 e. The number of carbonyl (C=O) groups is 1. The first-order chi connectivity index (χ1) is 12.6. The summed E-state index contributed by atoms with van der Waals surface area (Å²) in [5.74, 6) is -0.293. The number of benzene rings is 2. The molecule has 1 aliphatic rings. The first kappa shape index (κ1) is 18.6. The van der Waals surface area contributed by atoms with E-state index in [4.69, 9.17) is 0 Å². The third-order valence-electron chi connectivity index (χ3n) is 4.32. The van der Waals surface area contributed by atoms with Crippen molar-refractivity contribution < 1.29 is 13.2 Å². The Hall–Kier alpha value is -2.22. The van der Waals surface area contributed by atoms with Crippen molar-refractivity contribution in [2.24, 2.45) is 0 Å². The van der Waals surface area contributed by atoms with Gasteiger partial charge in [0, 0.05) is 26.2 Å². The minimum absolute atomic E-state index is 0.152. The summed E-state index contributed by atoms with van der Waals surface area (Å²) in [7, 11) is -3.63. The summed E-state index contributed by atoms with van der Waals surface area (Å²) in [6, 6.07) is 19.0. The smallest absolute Gasteiger partial charge is 0.282 e. The number of hydrogen-bond donors (Lipinski definition) is 1. The van der Waals surface area contributed by atoms with Crippen LogP contribution in [0.3, 0.4) is 0 Å². The Morgan fingerprint density at radius 1 is 0.885 bits per heavy atom. The molecule has 0 aliphatic carbocycles. The zero-order chi connectivity index (χ0) is 18.4. The van der Waals surface area contributed by atoms with Gasteiger partial charge in [-0.25, -0.2) is 0 Å². The summed E-state index contributed by atoms with van der Waals surface area (Å²) in [6.07, 6.45) is 0.706. The molecule has 0 aromatic heterocycles. The van der Waals surface area contributed by atoms with Crippen molar-refractivity contribution >= 4 is 16.1 Å². The van der Waals surface area contributed by atoms with Crippen LogP contribution < -0.4 is 5.32 Å². The van der Waals surface area contributed by atoms with Crippen LogP contribution in [0, 0.1) is 0 Å². The van der Waals surface area contributed by atoms with Gasteiger partial charge >= 0.3 is 0 Å². The first-order valence-electron chi connectivity index (χ1n) is 8.65. The highest BCUT2D eigenvalue weighted by atomic mass is 32.2. The highest BCUT2D eigenvalue weighted by Gasteiger charge is 2.34. The van der Waals surface area contributed by atoms with Gasteiger partial charge in [0.1, 0.15) is 0 Å². The standard InChI is InChI=1S/C19H23N3O3S/c23-19(20-14-17-8-3-1-4-9-17)16-22-13-7-12-21(26(22,24)25)15-18-10-5-2-6-11-18/h1-6,8-11H,7,12-16H2,(H,20,23). The van der Waals surface area contributed by atoms with Crippen molar-refractivity contribution in [3.63, 3.8) is 0 Å². The SMILES string of the molecule is O=C(CN1CCCN(Cc2ccccc2)S1(=O)=O)NCc1ccccc1. The van der Waals surface area contributed by atoms with Crippen LogP contribution in [0.5, 0.6) is 0 Å². The molecular formula is C19H23N3O3S. The Balaban J connectivity index is 1.59. The molecule has 0 bridgehead atoms. The Morgan fingerprint density at radius 3 is 2.12 bits per heavy atom. The largest absolute Gasteiger partial charge is 0.351 e. The number of rotatable bonds is 6. The number of nitrogens with zero attached hydrogens (tertiary/aromatic N) is 2. The molecule has 26 heavy (non-hydrogen) atoms. The molecule has 1 N–H and O–H groups in total. The van der Waals surface area contributed by atoms with Gasteiger partial charge in [-0.2, -0.15) is 17.0 Å². The van der Waals surface area contributed by atoms with Crippen LogP contribution >= 0.6 is 0 Å². The molecule has 0 saturated carbocycles. The molecule has 2 aromatic rings. The van der Waals surface area contributed by atoms with Gasteiger partial charge < -0.3 is 5.32 Å². The maximum absolute atomic E-state index is 12.8. The Bertz CT molecular complexity index is 826. The lowest BCUT2D eigenvalue weighted by molar-refractivity contribution is -0.121. The molecule has 3 rings (SSSR count). The highest BCUT2D eigenvalue weighted by Crippen LogP contribution is 2.19. The van der Waals surface area contributed by atoms with Crippen LogP contribution in [0.1, 0.15) is 17.5 Å². The van der Waals surface area contributed by atoms with E-state index in [1.165, 1.54) is 8.61 Å². The molecule has 0 spiro atoms. The van der Waals surface area contributed by atoms with Crippen LogP contribution in [-0.4, -0.2) is 42.6 Å². The second-order valence-electron chi connectivity index (χ2n) is 6.28. The molecule has 6 nitrogen and oxygen atoms in total. The third-order valence-corrected chi connectivity index (χ3v) is 6.25. The molecule has 1 heterocycles. The lowest BCUT2D eigenvalue weighted by Gasteiger charge is -2.34. The van der Waals surface area contributed by atoms with Gasteiger partial charge in [0.05, 0.1) is 6.54 Å². The second-order valence-corrected chi connectivity index (χ2v) is 8.20. The number of nitrogens with one attached hydrogen (secondary N) is 1. The van der Waals surface area contributed by atoms with Gasteiger partial charge in [0.15, 0.2) is 0 Å². The van der Waals surface area contributed by atoms with Gasteiger partial charge in [0.2, 0.25) is 5.91 Å². The van der Waals surface area contributed by atoms with Gasteiger partial charge in [-0.15, -0.1) is 0 Å². The van der Waals surface area contributed by atoms with Crippen LogP contribution in [-0.2, 0) is 28.1 Å². The number of amides is 1. The van der Waals surface area contributed by atoms with Crippen LogP contribution in [0.15, 0.2) is 60.7 Å². The van der Waals surface area contributed by atoms with Gasteiger partial charge in [-0.1, -0.05) is 60.7 Å². The van der Waals surface area contributed by atoms with E-state index in [-0.39, 0.29) is 12.5 Å². The lowest BCUT2D eigenvalue weighted by Crippen LogP contribution is -2.52. The quantitative estimate of drug-likeness (QED) is 0.839. The first-order valence-corrected chi connectivity index (χ1v) is 10.1. The summed E-state index contributed by atoms with van der Waals surface area (Å²) in [6.45, 7) is 1.40. The van der Waals surface area contributed by atoms with E-state index < -0.39 is 10.2 Å². The Labute approximate surface area is 154 Å². The van der Waals surface area contributed by atoms with Crippen LogP contribution in [0.4, 0.5) is 0 Å². The van der Waals surface area contributed by atoms with Crippen molar-refractivity contribution in [2.75, 3.05) is 19.6 Å². The zero-order valence-electron chi connectivity index (χ0n) is 14.5. The third kappa shape index (κ3) is 4.69. The van der Waals surface area contributed by atoms with Crippen molar-refractivity contribution in [1.29, 1.82) is 0 Å². The van der Waals surface area contributed by atoms with E-state index in [0.717, 1.165) is 11.1 Å². The Kier molecular flexibility index (Phi) is 6.03. The summed E-state index contributed by atoms with van der Waals surface area (Å²) in [5.41, 5.74) is 1.92. The molecule has 1 aliphatic heterocycles. The van der Waals surface area contributed by atoms with Gasteiger partial charge in [-0.05, 0) is 17.5 Å². The molecule has 0 atom stereocenters. The number of carbonyl (C=O) groups excluding carboxylic acids is 1. The molecule has 1 amide bonds. The van der Waals surface area contributed by atoms with Crippen molar-refractivity contribution in [3.05, 3.63) is 71.8 Å². The number of hydrogen-bond acceptors (Lipinski definition) is 3. The molecular weight excluding hydrogens is 350 g/mol. The maximum Gasteiger partial charge on any atom is 0.282 e. The lowest BCUT2D eigenvalue weighted by atomic mass is 10.2. The molecule has 7 heteroatoms. The summed E-state index contributed by atoms with van der Waals surface area (Å²) >= 11 is 0. The van der Waals surface area contributed by atoms with E-state index >= 15 is 0 Å². The summed E-state index contributed by atoms with van der Waals surface area (Å²) in [5, 5.41) is 2.78. The highest BCUT2D eigenvalue weighted by molar-refractivity contribution is 7.86. The van der Waals surface area contributed by atoms with Crippen molar-refractivity contribution in [1.82, 2.24) is 13.9 Å². The fourth-order valence-electron chi connectivity index (χ4n) is 2.94. The van der Waals surface area contributed by atoms with Crippen LogP contribution in [0.2, 0.25) is 0 Å². The topological polar surface area (TPSA) is 69.7 Å². The molecule has 0 radical (unpaired) electrons. The molecule has 138 valence electrons. The summed E-state index contributed by atoms with van der Waals surface area (Å²) < 4.78 is 28.3. The zero-order valence-corrected chi connectivity index (χ0v) is 15.4. The average molecular weight is 373 g/mol. The molecule has 1 saturated heterocycles. The van der Waals surface area contributed by atoms with Crippen LogP contribution in [0.25, 0.3) is 0 Å². The van der Waals surface area contributed by atoms with E-state index in [9.17, 15) is 13.2 Å². The fourth-order valence-corrected chi connectivity index (χ4v) is 4.58. The fraction of sp³-hybridized carbons (Fsp3) is 0.316. The molecule has 0 unspecified atom stereocenters. The van der Waals surface area contributed by atoms with Crippen molar-refractivity contribution in [3.8, 4) is 0 Å². The van der Waals surface area contributed by atoms with Crippen molar-refractivity contribution in [2.45, 2.75) is 19.5 Å². The van der Waals surface area contributed by atoms with E-state index in [2.05, 4.69) is 5.32 Å². The summed E-state index contributed by atoms with van der Waals surface area (Å²) in [4.78, 5) is 12.2. The normalized spacial score (nSPS) is 17.7. The van der Waals surface area contributed by atoms with E-state index in [1.807, 2.05) is 60.7 Å². The van der Waals surface area contributed by atoms with E-state index in [0.29, 0.717) is 32.6 Å². The van der Waals surface area contributed by atoms with E-state index in [1.54, 1.807) is 0 Å². The van der Waals surface area contributed by atoms with Gasteiger partial charge in [0.25, 0.3) is 10.2 Å². The maximum atomic E-state index is 12.8. The minimum atomic E-state index is -3.63. The second kappa shape index (κ2) is 8.44. The molecule has 2 aromatic carbocycles. The average Bonchev–Trinajstić information content (AvgIpc) is 2.65. The molecule has 1 fully saturated rings. The predicted octanol–water partition coefficient (Wildman–Crippen LogP) is 1.76.